The Kier molecular flexibility index (Phi) is 57.3. The molecule has 84 heavy (non-hydrogen) atoms. The van der Waals surface area contributed by atoms with E-state index in [1.54, 1.807) is 6.08 Å². The van der Waals surface area contributed by atoms with Gasteiger partial charge in [-0.1, -0.05) is 293 Å². The normalized spacial score (nSPS) is 18.8. The van der Waals surface area contributed by atoms with Crippen molar-refractivity contribution in [2.24, 2.45) is 0 Å². The zero-order valence-electron chi connectivity index (χ0n) is 54.5. The van der Waals surface area contributed by atoms with E-state index in [1.807, 2.05) is 6.08 Å². The van der Waals surface area contributed by atoms with Crippen molar-refractivity contribution < 1.29 is 49.3 Å². The molecule has 8 unspecified atom stereocenters. The molecule has 1 aliphatic rings. The zero-order valence-corrected chi connectivity index (χ0v) is 54.5. The smallest absolute Gasteiger partial charge is 0.306 e. The van der Waals surface area contributed by atoms with Crippen molar-refractivity contribution in [1.82, 2.24) is 5.32 Å². The van der Waals surface area contributed by atoms with Crippen LogP contribution >= 0.6 is 0 Å². The third kappa shape index (κ3) is 47.4. The minimum absolute atomic E-state index is 0.122. The van der Waals surface area contributed by atoms with E-state index in [-0.39, 0.29) is 19.4 Å². The summed E-state index contributed by atoms with van der Waals surface area (Å²) in [6, 6.07) is -1.04. The van der Waals surface area contributed by atoms with Crippen LogP contribution in [0.4, 0.5) is 0 Å². The first kappa shape index (κ1) is 79.4. The number of hydrogen-bond acceptors (Lipinski definition) is 10. The first-order valence-corrected chi connectivity index (χ1v) is 35.6. The summed E-state index contributed by atoms with van der Waals surface area (Å²) < 4.78 is 17.7. The molecule has 1 aliphatic heterocycles. The average Bonchev–Trinajstić information content (AvgIpc) is 3.54. The Morgan fingerprint density at radius 3 is 1.26 bits per heavy atom. The Labute approximate surface area is 516 Å². The number of aliphatic hydroxyl groups excluding tert-OH is 5. The van der Waals surface area contributed by atoms with Gasteiger partial charge in [-0.25, -0.2) is 0 Å². The highest BCUT2D eigenvalue weighted by atomic mass is 16.7. The Hall–Kier alpha value is -2.64. The average molecular weight is 1180 g/mol. The standard InChI is InChI=1S/C73H133NO10/c1-4-7-10-13-16-19-22-25-27-29-30-31-32-33-34-35-36-37-38-39-41-43-46-49-52-55-58-61-68(78)84-71-70(80)69(79)67(62-75)83-73(71)82-63-64(65(76)59-56-53-50-47-44-24-21-18-15-12-9-6-3)74-72(81)66(77)60-57-54-51-48-45-42-40-28-26-23-20-17-14-11-8-5-2/h17,20,25-28,42,45,56,59,64-67,69-71,73,75-77,79-80H,4-16,18-19,21-24,29-41,43-44,46-55,57-58,60-63H2,1-3H3,(H,74,81)/b20-17-,27-25+,28-26-,45-42-,59-56+. The van der Waals surface area contributed by atoms with Crippen LogP contribution in [0.5, 0.6) is 0 Å². The number of ether oxygens (including phenoxy) is 3. The number of amides is 1. The molecule has 1 amide bonds. The van der Waals surface area contributed by atoms with Crippen molar-refractivity contribution >= 4 is 11.9 Å². The lowest BCUT2D eigenvalue weighted by Crippen LogP contribution is -2.61. The van der Waals surface area contributed by atoms with Crippen LogP contribution in [0, 0.1) is 0 Å². The fourth-order valence-corrected chi connectivity index (χ4v) is 11.0. The predicted octanol–water partition coefficient (Wildman–Crippen LogP) is 18.1. The fourth-order valence-electron chi connectivity index (χ4n) is 11.0. The summed E-state index contributed by atoms with van der Waals surface area (Å²) in [4.78, 5) is 26.6. The number of hydrogen-bond donors (Lipinski definition) is 6. The lowest BCUT2D eigenvalue weighted by atomic mass is 9.99. The van der Waals surface area contributed by atoms with Gasteiger partial charge in [0, 0.05) is 6.42 Å². The van der Waals surface area contributed by atoms with Gasteiger partial charge in [-0.15, -0.1) is 0 Å². The van der Waals surface area contributed by atoms with Crippen molar-refractivity contribution in [2.45, 2.75) is 378 Å². The molecule has 490 valence electrons. The first-order chi connectivity index (χ1) is 41.2. The van der Waals surface area contributed by atoms with Gasteiger partial charge in [0.05, 0.1) is 25.4 Å². The second kappa shape index (κ2) is 60.6. The minimum Gasteiger partial charge on any atom is -0.454 e. The number of allylic oxidation sites excluding steroid dienone is 9. The predicted molar refractivity (Wildman–Crippen MR) is 352 cm³/mol. The van der Waals surface area contributed by atoms with Gasteiger partial charge in [0.1, 0.15) is 24.4 Å². The Morgan fingerprint density at radius 1 is 0.464 bits per heavy atom. The molecular weight excluding hydrogens is 1050 g/mol. The van der Waals surface area contributed by atoms with Crippen LogP contribution in [0.15, 0.2) is 60.8 Å². The quantitative estimate of drug-likeness (QED) is 0.0195. The van der Waals surface area contributed by atoms with Crippen molar-refractivity contribution in [2.75, 3.05) is 13.2 Å². The second-order valence-corrected chi connectivity index (χ2v) is 24.6. The molecule has 1 fully saturated rings. The minimum atomic E-state index is -1.62. The lowest BCUT2D eigenvalue weighted by molar-refractivity contribution is -0.305. The Bertz CT molecular complexity index is 1600. The van der Waals surface area contributed by atoms with Crippen LogP contribution < -0.4 is 5.32 Å². The maximum Gasteiger partial charge on any atom is 0.306 e. The first-order valence-electron chi connectivity index (χ1n) is 35.6. The van der Waals surface area contributed by atoms with Gasteiger partial charge in [-0.2, -0.15) is 0 Å². The van der Waals surface area contributed by atoms with Crippen molar-refractivity contribution in [3.63, 3.8) is 0 Å². The largest absolute Gasteiger partial charge is 0.454 e. The SMILES string of the molecule is CCCCC/C=C\C/C=C\C/C=C\CCCCCC(O)C(=O)NC(COC1OC(CO)C(O)C(O)C1OC(=O)CCCCCCCCCCCCCCCCCCC/C=C/CCCCCCCC)C(O)/C=C/CCCCCCCCCCCC. The summed E-state index contributed by atoms with van der Waals surface area (Å²) in [6.07, 6.45) is 67.0. The van der Waals surface area contributed by atoms with E-state index >= 15 is 0 Å². The molecule has 0 spiro atoms. The molecule has 0 aromatic heterocycles. The van der Waals surface area contributed by atoms with E-state index in [9.17, 15) is 35.1 Å². The number of carbonyl (C=O) groups excluding carboxylic acids is 2. The van der Waals surface area contributed by atoms with Gasteiger partial charge in [0.25, 0.3) is 0 Å². The van der Waals surface area contributed by atoms with Crippen LogP contribution in [0.2, 0.25) is 0 Å². The molecule has 0 radical (unpaired) electrons. The summed E-state index contributed by atoms with van der Waals surface area (Å²) in [5, 5.41) is 57.1. The van der Waals surface area contributed by atoms with E-state index in [2.05, 4.69) is 74.7 Å². The number of rotatable bonds is 61. The third-order valence-corrected chi connectivity index (χ3v) is 16.6. The maximum atomic E-state index is 13.4. The van der Waals surface area contributed by atoms with Crippen molar-refractivity contribution in [3.8, 4) is 0 Å². The van der Waals surface area contributed by atoms with Gasteiger partial charge in [0.15, 0.2) is 12.4 Å². The molecule has 0 bridgehead atoms. The van der Waals surface area contributed by atoms with E-state index in [0.717, 1.165) is 77.0 Å². The molecule has 6 N–H and O–H groups in total. The van der Waals surface area contributed by atoms with Crippen molar-refractivity contribution in [1.29, 1.82) is 0 Å². The molecule has 0 aliphatic carbocycles. The van der Waals surface area contributed by atoms with E-state index < -0.39 is 67.4 Å². The zero-order chi connectivity index (χ0) is 61.0. The highest BCUT2D eigenvalue weighted by molar-refractivity contribution is 5.80. The molecule has 1 heterocycles. The van der Waals surface area contributed by atoms with Crippen molar-refractivity contribution in [3.05, 3.63) is 60.8 Å². The van der Waals surface area contributed by atoms with E-state index in [0.29, 0.717) is 12.8 Å². The van der Waals surface area contributed by atoms with Crippen LogP contribution in [-0.4, -0.2) is 99.6 Å². The van der Waals surface area contributed by atoms with Crippen LogP contribution in [0.25, 0.3) is 0 Å². The van der Waals surface area contributed by atoms with Gasteiger partial charge in [0.2, 0.25) is 5.91 Å². The van der Waals surface area contributed by atoms with Crippen LogP contribution in [0.3, 0.4) is 0 Å². The van der Waals surface area contributed by atoms with E-state index in [1.165, 1.54) is 205 Å². The van der Waals surface area contributed by atoms with Gasteiger partial charge in [-0.3, -0.25) is 9.59 Å². The summed E-state index contributed by atoms with van der Waals surface area (Å²) >= 11 is 0. The van der Waals surface area contributed by atoms with Gasteiger partial charge >= 0.3 is 5.97 Å². The number of aliphatic hydroxyl groups is 5. The molecule has 8 atom stereocenters. The molecule has 11 heteroatoms. The second-order valence-electron chi connectivity index (χ2n) is 24.6. The highest BCUT2D eigenvalue weighted by Crippen LogP contribution is 2.26. The maximum absolute atomic E-state index is 13.4. The van der Waals surface area contributed by atoms with Gasteiger partial charge in [-0.05, 0) is 89.9 Å². The molecule has 0 saturated carbocycles. The fraction of sp³-hybridized carbons (Fsp3) is 0.836. The monoisotopic (exact) mass is 1180 g/mol. The topological polar surface area (TPSA) is 175 Å². The van der Waals surface area contributed by atoms with E-state index in [4.69, 9.17) is 14.2 Å². The molecule has 1 rings (SSSR count). The Morgan fingerprint density at radius 2 is 0.821 bits per heavy atom. The molecular formula is C73H133NO10. The third-order valence-electron chi connectivity index (χ3n) is 16.6. The number of unbranched alkanes of at least 4 members (excludes halogenated alkanes) is 39. The number of carbonyl (C=O) groups is 2. The summed E-state index contributed by atoms with van der Waals surface area (Å²) in [5.41, 5.74) is 0. The number of esters is 1. The number of nitrogens with one attached hydrogen (secondary N) is 1. The molecule has 0 aromatic rings. The summed E-state index contributed by atoms with van der Waals surface area (Å²) in [6.45, 7) is 5.77. The highest BCUT2D eigenvalue weighted by Gasteiger charge is 2.47. The van der Waals surface area contributed by atoms with Crippen LogP contribution in [0.1, 0.15) is 329 Å². The Balaban J connectivity index is 2.54. The molecule has 11 nitrogen and oxygen atoms in total. The summed E-state index contributed by atoms with van der Waals surface area (Å²) in [7, 11) is 0. The lowest BCUT2D eigenvalue weighted by Gasteiger charge is -2.41. The van der Waals surface area contributed by atoms with Crippen LogP contribution in [-0.2, 0) is 23.8 Å². The molecule has 1 saturated heterocycles. The summed E-state index contributed by atoms with van der Waals surface area (Å²) in [5.74, 6) is -1.21. The van der Waals surface area contributed by atoms with Gasteiger partial charge < -0.3 is 45.1 Å². The molecule has 0 aromatic carbocycles.